The molecule has 0 aromatic heterocycles. The normalized spacial score (nSPS) is 15.6. The van der Waals surface area contributed by atoms with Crippen molar-refractivity contribution in [3.8, 4) is 0 Å². The molecule has 3 N–H and O–H groups in total. The van der Waals surface area contributed by atoms with Gasteiger partial charge in [-0.1, -0.05) is 6.07 Å². The number of nitrogens with one attached hydrogen (secondary N) is 1. The van der Waals surface area contributed by atoms with Crippen molar-refractivity contribution in [3.63, 3.8) is 0 Å². The van der Waals surface area contributed by atoms with E-state index in [-0.39, 0.29) is 25.0 Å². The highest BCUT2D eigenvalue weighted by Crippen LogP contribution is 2.11. The van der Waals surface area contributed by atoms with Crippen LogP contribution in [0, 0.1) is 0 Å². The first kappa shape index (κ1) is 12.4. The maximum Gasteiger partial charge on any atom is 0.249 e. The highest BCUT2D eigenvalue weighted by molar-refractivity contribution is 5.95. The van der Waals surface area contributed by atoms with Gasteiger partial charge in [-0.3, -0.25) is 9.59 Å². The number of nitrogens with zero attached hydrogens (tertiary/aromatic N) is 1. The van der Waals surface area contributed by atoms with E-state index in [1.165, 1.54) is 4.90 Å². The van der Waals surface area contributed by atoms with Crippen LogP contribution >= 0.6 is 0 Å². The lowest BCUT2D eigenvalue weighted by Gasteiger charge is -2.26. The predicted octanol–water partition coefficient (Wildman–Crippen LogP) is 0.0661. The maximum absolute atomic E-state index is 11.8. The molecule has 1 aliphatic heterocycles. The van der Waals surface area contributed by atoms with Gasteiger partial charge < -0.3 is 20.7 Å². The number of hydrogen-bond donors (Lipinski definition) is 2. The second kappa shape index (κ2) is 5.50. The first-order valence-electron chi connectivity index (χ1n) is 5.66. The summed E-state index contributed by atoms with van der Waals surface area (Å²) < 4.78 is 4.99. The Labute approximate surface area is 105 Å². The summed E-state index contributed by atoms with van der Waals surface area (Å²) in [5, 5.41) is 2.70. The minimum absolute atomic E-state index is 0.0387. The molecule has 2 amide bonds. The van der Waals surface area contributed by atoms with Crippen LogP contribution in [0.1, 0.15) is 0 Å². The zero-order valence-electron chi connectivity index (χ0n) is 9.89. The summed E-state index contributed by atoms with van der Waals surface area (Å²) in [4.78, 5) is 24.7. The van der Waals surface area contributed by atoms with Crippen molar-refractivity contribution in [2.45, 2.75) is 0 Å². The topological polar surface area (TPSA) is 84.7 Å². The van der Waals surface area contributed by atoms with E-state index in [1.807, 2.05) is 0 Å². The van der Waals surface area contributed by atoms with Crippen LogP contribution in [0.5, 0.6) is 0 Å². The number of morpholine rings is 1. The van der Waals surface area contributed by atoms with Crippen LogP contribution in [0.25, 0.3) is 0 Å². The molecule has 1 fully saturated rings. The van der Waals surface area contributed by atoms with Crippen molar-refractivity contribution in [1.29, 1.82) is 0 Å². The highest BCUT2D eigenvalue weighted by atomic mass is 16.5. The van der Waals surface area contributed by atoms with Crippen LogP contribution in [0.3, 0.4) is 0 Å². The molecule has 0 bridgehead atoms. The Bertz CT molecular complexity index is 462. The molecule has 0 radical (unpaired) electrons. The average Bonchev–Trinajstić information content (AvgIpc) is 2.32. The van der Waals surface area contributed by atoms with Crippen molar-refractivity contribution >= 4 is 23.2 Å². The Hall–Kier alpha value is -2.08. The van der Waals surface area contributed by atoms with Gasteiger partial charge in [0, 0.05) is 17.9 Å². The molecule has 0 spiro atoms. The van der Waals surface area contributed by atoms with Gasteiger partial charge in [-0.25, -0.2) is 0 Å². The number of benzene rings is 1. The monoisotopic (exact) mass is 249 g/mol. The van der Waals surface area contributed by atoms with Crippen LogP contribution in [0.2, 0.25) is 0 Å². The molecule has 2 rings (SSSR count). The Morgan fingerprint density at radius 3 is 3.06 bits per heavy atom. The van der Waals surface area contributed by atoms with Gasteiger partial charge in [0.1, 0.15) is 13.2 Å². The van der Waals surface area contributed by atoms with Crippen LogP contribution in [-0.4, -0.2) is 43.0 Å². The molecule has 1 aromatic rings. The van der Waals surface area contributed by atoms with Crippen LogP contribution in [0.15, 0.2) is 24.3 Å². The Balaban J connectivity index is 1.90. The number of carbonyl (C=O) groups is 2. The number of carbonyl (C=O) groups excluding carboxylic acids is 2. The van der Waals surface area contributed by atoms with Crippen molar-refractivity contribution in [2.75, 3.05) is 37.4 Å². The third kappa shape index (κ3) is 3.21. The summed E-state index contributed by atoms with van der Waals surface area (Å²) in [6.45, 7) is 1.00. The third-order valence-corrected chi connectivity index (χ3v) is 2.59. The lowest BCUT2D eigenvalue weighted by molar-refractivity contribution is -0.144. The number of hydrogen-bond acceptors (Lipinski definition) is 4. The van der Waals surface area contributed by atoms with Gasteiger partial charge in [-0.15, -0.1) is 0 Å². The van der Waals surface area contributed by atoms with Crippen molar-refractivity contribution in [2.24, 2.45) is 0 Å². The van der Waals surface area contributed by atoms with Gasteiger partial charge in [0.25, 0.3) is 0 Å². The molecule has 6 heteroatoms. The maximum atomic E-state index is 11.8. The van der Waals surface area contributed by atoms with E-state index in [9.17, 15) is 9.59 Å². The number of anilines is 2. The molecule has 0 unspecified atom stereocenters. The second-order valence-electron chi connectivity index (χ2n) is 4.04. The van der Waals surface area contributed by atoms with E-state index < -0.39 is 0 Å². The molecule has 18 heavy (non-hydrogen) atoms. The first-order chi connectivity index (χ1) is 8.65. The standard InChI is InChI=1S/C12H15N3O3/c13-9-2-1-3-10(6-9)14-11(16)7-15-4-5-18-8-12(15)17/h1-3,6H,4-5,7-8,13H2,(H,14,16). The van der Waals surface area contributed by atoms with E-state index in [0.717, 1.165) is 0 Å². The van der Waals surface area contributed by atoms with E-state index in [2.05, 4.69) is 5.32 Å². The van der Waals surface area contributed by atoms with Gasteiger partial charge in [0.15, 0.2) is 0 Å². The largest absolute Gasteiger partial charge is 0.399 e. The molecule has 96 valence electrons. The van der Waals surface area contributed by atoms with Crippen molar-refractivity contribution in [1.82, 2.24) is 4.90 Å². The molecular formula is C12H15N3O3. The summed E-state index contributed by atoms with van der Waals surface area (Å²) in [6, 6.07) is 6.90. The van der Waals surface area contributed by atoms with E-state index in [0.29, 0.717) is 24.5 Å². The van der Waals surface area contributed by atoms with Gasteiger partial charge >= 0.3 is 0 Å². The van der Waals surface area contributed by atoms with Crippen LogP contribution < -0.4 is 11.1 Å². The number of nitrogen functional groups attached to an aromatic ring is 1. The Morgan fingerprint density at radius 1 is 1.50 bits per heavy atom. The summed E-state index contributed by atoms with van der Waals surface area (Å²) in [6.07, 6.45) is 0. The van der Waals surface area contributed by atoms with Crippen LogP contribution in [0.4, 0.5) is 11.4 Å². The number of rotatable bonds is 3. The van der Waals surface area contributed by atoms with Gasteiger partial charge in [-0.2, -0.15) is 0 Å². The lowest BCUT2D eigenvalue weighted by atomic mass is 10.3. The van der Waals surface area contributed by atoms with E-state index in [4.69, 9.17) is 10.5 Å². The third-order valence-electron chi connectivity index (χ3n) is 2.59. The SMILES string of the molecule is Nc1cccc(NC(=O)CN2CCOCC2=O)c1. The van der Waals surface area contributed by atoms with Gasteiger partial charge in [0.2, 0.25) is 11.8 Å². The lowest BCUT2D eigenvalue weighted by Crippen LogP contribution is -2.45. The van der Waals surface area contributed by atoms with Crippen molar-refractivity contribution < 1.29 is 14.3 Å². The smallest absolute Gasteiger partial charge is 0.249 e. The molecule has 0 atom stereocenters. The van der Waals surface area contributed by atoms with Crippen molar-refractivity contribution in [3.05, 3.63) is 24.3 Å². The average molecular weight is 249 g/mol. The molecule has 0 saturated carbocycles. The summed E-state index contributed by atoms with van der Waals surface area (Å²) in [5.74, 6) is -0.403. The quantitative estimate of drug-likeness (QED) is 0.742. The molecule has 0 aliphatic carbocycles. The molecule has 1 aliphatic rings. The van der Waals surface area contributed by atoms with E-state index in [1.54, 1.807) is 24.3 Å². The fourth-order valence-corrected chi connectivity index (χ4v) is 1.71. The summed E-state index contributed by atoms with van der Waals surface area (Å²) >= 11 is 0. The van der Waals surface area contributed by atoms with E-state index >= 15 is 0 Å². The molecular weight excluding hydrogens is 234 g/mol. The molecule has 1 heterocycles. The number of ether oxygens (including phenoxy) is 1. The molecule has 1 saturated heterocycles. The Morgan fingerprint density at radius 2 is 2.33 bits per heavy atom. The fraction of sp³-hybridized carbons (Fsp3) is 0.333. The molecule has 6 nitrogen and oxygen atoms in total. The minimum Gasteiger partial charge on any atom is -0.399 e. The zero-order chi connectivity index (χ0) is 13.0. The second-order valence-corrected chi connectivity index (χ2v) is 4.04. The zero-order valence-corrected chi connectivity index (χ0v) is 9.89. The summed E-state index contributed by atoms with van der Waals surface area (Å²) in [7, 11) is 0. The van der Waals surface area contributed by atoms with Gasteiger partial charge in [0.05, 0.1) is 6.61 Å². The molecule has 1 aromatic carbocycles. The van der Waals surface area contributed by atoms with Gasteiger partial charge in [-0.05, 0) is 18.2 Å². The van der Waals surface area contributed by atoms with Crippen LogP contribution in [-0.2, 0) is 14.3 Å². The predicted molar refractivity (Wildman–Crippen MR) is 66.9 cm³/mol. The minimum atomic E-state index is -0.240. The first-order valence-corrected chi connectivity index (χ1v) is 5.66. The number of nitrogens with two attached hydrogens (primary N) is 1. The summed E-state index contributed by atoms with van der Waals surface area (Å²) in [5.41, 5.74) is 6.81. The highest BCUT2D eigenvalue weighted by Gasteiger charge is 2.20. The number of amides is 2. The fourth-order valence-electron chi connectivity index (χ4n) is 1.71. The Kier molecular flexibility index (Phi) is 3.78.